The number of hydrogen-bond acceptors (Lipinski definition) is 3. The number of aliphatic carboxylic acids is 1. The molecule has 1 aromatic heterocycles. The van der Waals surface area contributed by atoms with Crippen LogP contribution in [0.25, 0.3) is 0 Å². The van der Waals surface area contributed by atoms with Crippen molar-refractivity contribution in [2.24, 2.45) is 0 Å². The Morgan fingerprint density at radius 2 is 2.50 bits per heavy atom. The number of hydrogen-bond donors (Lipinski definition) is 3. The van der Waals surface area contributed by atoms with Crippen LogP contribution in [0.5, 0.6) is 0 Å². The average Bonchev–Trinajstić information content (AvgIpc) is 2.76. The van der Waals surface area contributed by atoms with Gasteiger partial charge in [0, 0.05) is 25.1 Å². The first kappa shape index (κ1) is 12.7. The monoisotopic (exact) mass is 226 g/mol. The molecule has 0 bridgehead atoms. The Hall–Kier alpha value is -1.33. The van der Waals surface area contributed by atoms with Crippen molar-refractivity contribution in [1.82, 2.24) is 10.3 Å². The van der Waals surface area contributed by atoms with Crippen LogP contribution in [-0.4, -0.2) is 35.8 Å². The molecule has 0 spiro atoms. The summed E-state index contributed by atoms with van der Waals surface area (Å²) < 4.78 is 5.17. The molecule has 3 N–H and O–H groups in total. The summed E-state index contributed by atoms with van der Waals surface area (Å²) in [4.78, 5) is 13.9. The third kappa shape index (κ3) is 4.04. The first-order valence-corrected chi connectivity index (χ1v) is 5.43. The lowest BCUT2D eigenvalue weighted by Crippen LogP contribution is -2.30. The second kappa shape index (κ2) is 7.03. The van der Waals surface area contributed by atoms with E-state index in [1.165, 1.54) is 0 Å². The molecule has 5 nitrogen and oxygen atoms in total. The summed E-state index contributed by atoms with van der Waals surface area (Å²) >= 11 is 0. The van der Waals surface area contributed by atoms with E-state index in [1.807, 2.05) is 6.92 Å². The van der Waals surface area contributed by atoms with Crippen molar-refractivity contribution in [3.63, 3.8) is 0 Å². The zero-order valence-corrected chi connectivity index (χ0v) is 9.40. The molecule has 0 saturated heterocycles. The fourth-order valence-electron chi connectivity index (χ4n) is 1.42. The smallest absolute Gasteiger partial charge is 0.326 e. The van der Waals surface area contributed by atoms with E-state index < -0.39 is 12.0 Å². The maximum atomic E-state index is 11.0. The number of nitrogens with one attached hydrogen (secondary N) is 2. The Morgan fingerprint density at radius 3 is 3.06 bits per heavy atom. The number of aromatic nitrogens is 1. The lowest BCUT2D eigenvalue weighted by molar-refractivity contribution is -0.139. The third-order valence-corrected chi connectivity index (χ3v) is 2.20. The second-order valence-electron chi connectivity index (χ2n) is 3.40. The quantitative estimate of drug-likeness (QED) is 0.581. The fraction of sp³-hybridized carbons (Fsp3) is 0.545. The van der Waals surface area contributed by atoms with Gasteiger partial charge in [0.1, 0.15) is 6.04 Å². The van der Waals surface area contributed by atoms with Gasteiger partial charge in [0.15, 0.2) is 0 Å². The van der Waals surface area contributed by atoms with Crippen molar-refractivity contribution in [2.75, 3.05) is 19.8 Å². The van der Waals surface area contributed by atoms with E-state index in [0.717, 1.165) is 6.42 Å². The van der Waals surface area contributed by atoms with E-state index in [9.17, 15) is 4.79 Å². The van der Waals surface area contributed by atoms with Gasteiger partial charge in [-0.3, -0.25) is 10.1 Å². The van der Waals surface area contributed by atoms with Crippen LogP contribution >= 0.6 is 0 Å². The summed E-state index contributed by atoms with van der Waals surface area (Å²) in [5.41, 5.74) is 0.670. The number of rotatable bonds is 8. The van der Waals surface area contributed by atoms with Crippen LogP contribution in [0, 0.1) is 0 Å². The molecule has 0 fully saturated rings. The minimum atomic E-state index is -0.876. The molecule has 0 aliphatic carbocycles. The molecule has 1 rings (SSSR count). The van der Waals surface area contributed by atoms with E-state index in [0.29, 0.717) is 25.5 Å². The minimum absolute atomic E-state index is 0.621. The van der Waals surface area contributed by atoms with Gasteiger partial charge in [-0.05, 0) is 32.0 Å². The normalized spacial score (nSPS) is 12.6. The standard InChI is InChI=1S/C11H18N2O3/c1-2-16-8-4-7-13-10(11(14)15)9-5-3-6-12-9/h3,5-6,10,12-13H,2,4,7-8H2,1H3,(H,14,15). The third-order valence-electron chi connectivity index (χ3n) is 2.20. The molecule has 90 valence electrons. The van der Waals surface area contributed by atoms with Gasteiger partial charge < -0.3 is 14.8 Å². The van der Waals surface area contributed by atoms with E-state index in [-0.39, 0.29) is 0 Å². The molecule has 0 saturated carbocycles. The van der Waals surface area contributed by atoms with Gasteiger partial charge in [-0.25, -0.2) is 0 Å². The number of carboxylic acid groups (broad SMARTS) is 1. The average molecular weight is 226 g/mol. The first-order chi connectivity index (χ1) is 7.75. The summed E-state index contributed by atoms with van der Waals surface area (Å²) in [6.07, 6.45) is 2.52. The van der Waals surface area contributed by atoms with Crippen molar-refractivity contribution >= 4 is 5.97 Å². The molecule has 0 amide bonds. The summed E-state index contributed by atoms with van der Waals surface area (Å²) in [6.45, 7) is 3.90. The molecule has 1 aromatic rings. The summed E-state index contributed by atoms with van der Waals surface area (Å²) in [5, 5.41) is 12.0. The van der Waals surface area contributed by atoms with Gasteiger partial charge in [-0.1, -0.05) is 0 Å². The molecule has 0 aromatic carbocycles. The first-order valence-electron chi connectivity index (χ1n) is 5.43. The Kier molecular flexibility index (Phi) is 5.60. The number of ether oxygens (including phenoxy) is 1. The highest BCUT2D eigenvalue weighted by atomic mass is 16.5. The fourth-order valence-corrected chi connectivity index (χ4v) is 1.42. The zero-order valence-electron chi connectivity index (χ0n) is 9.40. The highest BCUT2D eigenvalue weighted by Crippen LogP contribution is 2.09. The van der Waals surface area contributed by atoms with Gasteiger partial charge in [0.05, 0.1) is 0 Å². The van der Waals surface area contributed by atoms with Crippen molar-refractivity contribution in [2.45, 2.75) is 19.4 Å². The highest BCUT2D eigenvalue weighted by Gasteiger charge is 2.19. The van der Waals surface area contributed by atoms with Crippen molar-refractivity contribution in [3.05, 3.63) is 24.0 Å². The minimum Gasteiger partial charge on any atom is -0.480 e. The van der Waals surface area contributed by atoms with Gasteiger partial charge >= 0.3 is 5.97 Å². The number of carbonyl (C=O) groups is 1. The van der Waals surface area contributed by atoms with Crippen molar-refractivity contribution in [3.8, 4) is 0 Å². The molecule has 0 radical (unpaired) electrons. The number of H-pyrrole nitrogens is 1. The predicted molar refractivity (Wildman–Crippen MR) is 60.3 cm³/mol. The van der Waals surface area contributed by atoms with Crippen LogP contribution in [0.3, 0.4) is 0 Å². The summed E-state index contributed by atoms with van der Waals surface area (Å²) in [5.74, 6) is -0.876. The molecule has 1 unspecified atom stereocenters. The van der Waals surface area contributed by atoms with E-state index in [4.69, 9.17) is 9.84 Å². The zero-order chi connectivity index (χ0) is 11.8. The Labute approximate surface area is 94.8 Å². The van der Waals surface area contributed by atoms with E-state index >= 15 is 0 Å². The van der Waals surface area contributed by atoms with Crippen LogP contribution in [-0.2, 0) is 9.53 Å². The Bertz CT molecular complexity index is 298. The molecule has 16 heavy (non-hydrogen) atoms. The van der Waals surface area contributed by atoms with Gasteiger partial charge in [0.25, 0.3) is 0 Å². The highest BCUT2D eigenvalue weighted by molar-refractivity contribution is 5.74. The predicted octanol–water partition coefficient (Wildman–Crippen LogP) is 1.16. The summed E-state index contributed by atoms with van der Waals surface area (Å²) in [7, 11) is 0. The lowest BCUT2D eigenvalue weighted by Gasteiger charge is -2.12. The number of carboxylic acids is 1. The Morgan fingerprint density at radius 1 is 1.69 bits per heavy atom. The molecular formula is C11H18N2O3. The van der Waals surface area contributed by atoms with E-state index in [1.54, 1.807) is 18.3 Å². The van der Waals surface area contributed by atoms with Gasteiger partial charge in [-0.15, -0.1) is 0 Å². The van der Waals surface area contributed by atoms with Crippen LogP contribution in [0.2, 0.25) is 0 Å². The van der Waals surface area contributed by atoms with Crippen LogP contribution in [0.1, 0.15) is 25.1 Å². The van der Waals surface area contributed by atoms with Crippen LogP contribution in [0.15, 0.2) is 18.3 Å². The molecule has 1 atom stereocenters. The van der Waals surface area contributed by atoms with E-state index in [2.05, 4.69) is 10.3 Å². The molecular weight excluding hydrogens is 208 g/mol. The SMILES string of the molecule is CCOCCCNC(C(=O)O)c1ccc[nH]1. The topological polar surface area (TPSA) is 74.3 Å². The largest absolute Gasteiger partial charge is 0.480 e. The van der Waals surface area contributed by atoms with Crippen LogP contribution in [0.4, 0.5) is 0 Å². The molecule has 0 aliphatic rings. The van der Waals surface area contributed by atoms with Gasteiger partial charge in [0.2, 0.25) is 0 Å². The maximum absolute atomic E-state index is 11.0. The van der Waals surface area contributed by atoms with Crippen molar-refractivity contribution in [1.29, 1.82) is 0 Å². The molecule has 0 aliphatic heterocycles. The van der Waals surface area contributed by atoms with Crippen LogP contribution < -0.4 is 5.32 Å². The molecule has 5 heteroatoms. The molecule has 1 heterocycles. The second-order valence-corrected chi connectivity index (χ2v) is 3.40. The Balaban J connectivity index is 2.33. The van der Waals surface area contributed by atoms with Gasteiger partial charge in [-0.2, -0.15) is 0 Å². The maximum Gasteiger partial charge on any atom is 0.326 e. The lowest BCUT2D eigenvalue weighted by atomic mass is 10.2. The van der Waals surface area contributed by atoms with Crippen molar-refractivity contribution < 1.29 is 14.6 Å². The summed E-state index contributed by atoms with van der Waals surface area (Å²) in [6, 6.07) is 2.87. The number of aromatic amines is 1.